The van der Waals surface area contributed by atoms with Crippen LogP contribution in [0.3, 0.4) is 0 Å². The fourth-order valence-corrected chi connectivity index (χ4v) is 1.51. The van der Waals surface area contributed by atoms with Crippen LogP contribution in [0.1, 0.15) is 18.4 Å². The Labute approximate surface area is 99.4 Å². The van der Waals surface area contributed by atoms with Gasteiger partial charge in [0, 0.05) is 16.5 Å². The van der Waals surface area contributed by atoms with Crippen molar-refractivity contribution in [3.05, 3.63) is 33.4 Å². The van der Waals surface area contributed by atoms with Crippen LogP contribution in [-0.4, -0.2) is 6.54 Å². The zero-order chi connectivity index (χ0) is 10.2. The Hall–Kier alpha value is -0.530. The summed E-state index contributed by atoms with van der Waals surface area (Å²) >= 11 is 2.31. The predicted octanol–water partition coefficient (Wildman–Crippen LogP) is 2.79. The van der Waals surface area contributed by atoms with Gasteiger partial charge in [-0.25, -0.2) is 0 Å². The average Bonchev–Trinajstić information content (AvgIpc) is 2.21. The minimum Gasteiger partial charge on any atom is -0.313 e. The molecule has 0 saturated heterocycles. The molecule has 0 spiro atoms. The molecule has 2 heteroatoms. The van der Waals surface area contributed by atoms with Crippen LogP contribution in [0.15, 0.2) is 24.3 Å². The molecule has 14 heavy (non-hydrogen) atoms. The normalized spacial score (nSPS) is 9.71. The number of nitrogens with one attached hydrogen (secondary N) is 1. The summed E-state index contributed by atoms with van der Waals surface area (Å²) < 4.78 is 1.28. The van der Waals surface area contributed by atoms with Gasteiger partial charge in [-0.3, -0.25) is 0 Å². The van der Waals surface area contributed by atoms with Crippen molar-refractivity contribution in [2.75, 3.05) is 6.54 Å². The smallest absolute Gasteiger partial charge is 0.0205 e. The standard InChI is InChI=1S/C12H14IN/c1-2-3-4-9-14-10-11-5-7-12(13)8-6-11/h1,5-8,14H,3-4,9-10H2. The molecule has 0 aliphatic carbocycles. The van der Waals surface area contributed by atoms with Crippen LogP contribution >= 0.6 is 22.6 Å². The van der Waals surface area contributed by atoms with Gasteiger partial charge in [-0.2, -0.15) is 0 Å². The summed E-state index contributed by atoms with van der Waals surface area (Å²) in [6, 6.07) is 8.55. The number of benzene rings is 1. The highest BCUT2D eigenvalue weighted by molar-refractivity contribution is 14.1. The summed E-state index contributed by atoms with van der Waals surface area (Å²) in [5, 5.41) is 3.36. The molecule has 1 aromatic rings. The molecular formula is C12H14IN. The second-order valence-electron chi connectivity index (χ2n) is 3.11. The van der Waals surface area contributed by atoms with Crippen molar-refractivity contribution in [1.82, 2.24) is 5.32 Å². The number of halogens is 1. The number of unbranched alkanes of at least 4 members (excludes halogenated alkanes) is 1. The summed E-state index contributed by atoms with van der Waals surface area (Å²) in [4.78, 5) is 0. The lowest BCUT2D eigenvalue weighted by Gasteiger charge is -2.03. The summed E-state index contributed by atoms with van der Waals surface area (Å²) in [6.07, 6.45) is 7.08. The van der Waals surface area contributed by atoms with E-state index in [-0.39, 0.29) is 0 Å². The van der Waals surface area contributed by atoms with Crippen molar-refractivity contribution in [2.24, 2.45) is 0 Å². The van der Waals surface area contributed by atoms with E-state index in [9.17, 15) is 0 Å². The summed E-state index contributed by atoms with van der Waals surface area (Å²) in [5.74, 6) is 2.63. The maximum atomic E-state index is 5.16. The molecule has 0 amide bonds. The van der Waals surface area contributed by atoms with Gasteiger partial charge in [0.2, 0.25) is 0 Å². The Morgan fingerprint density at radius 2 is 2.00 bits per heavy atom. The number of hydrogen-bond acceptors (Lipinski definition) is 1. The van der Waals surface area contributed by atoms with E-state index < -0.39 is 0 Å². The van der Waals surface area contributed by atoms with Gasteiger partial charge in [-0.1, -0.05) is 12.1 Å². The first kappa shape index (κ1) is 11.5. The summed E-state index contributed by atoms with van der Waals surface area (Å²) in [6.45, 7) is 1.93. The van der Waals surface area contributed by atoms with Gasteiger partial charge in [-0.15, -0.1) is 12.3 Å². The third kappa shape index (κ3) is 4.64. The molecule has 0 saturated carbocycles. The van der Waals surface area contributed by atoms with E-state index in [0.717, 1.165) is 25.9 Å². The van der Waals surface area contributed by atoms with Crippen LogP contribution in [-0.2, 0) is 6.54 Å². The largest absolute Gasteiger partial charge is 0.313 e. The molecule has 0 heterocycles. The van der Waals surface area contributed by atoms with E-state index in [1.807, 2.05) is 0 Å². The minimum atomic E-state index is 0.861. The lowest BCUT2D eigenvalue weighted by Crippen LogP contribution is -2.14. The van der Waals surface area contributed by atoms with E-state index in [1.165, 1.54) is 9.13 Å². The molecule has 74 valence electrons. The first-order valence-electron chi connectivity index (χ1n) is 4.71. The third-order valence-electron chi connectivity index (χ3n) is 1.92. The Morgan fingerprint density at radius 3 is 2.64 bits per heavy atom. The lowest BCUT2D eigenvalue weighted by molar-refractivity contribution is 0.659. The maximum Gasteiger partial charge on any atom is 0.0205 e. The van der Waals surface area contributed by atoms with Crippen molar-refractivity contribution in [2.45, 2.75) is 19.4 Å². The van der Waals surface area contributed by atoms with Gasteiger partial charge >= 0.3 is 0 Å². The third-order valence-corrected chi connectivity index (χ3v) is 2.64. The minimum absolute atomic E-state index is 0.861. The van der Waals surface area contributed by atoms with Gasteiger partial charge in [0.15, 0.2) is 0 Å². The Morgan fingerprint density at radius 1 is 1.29 bits per heavy atom. The molecule has 0 radical (unpaired) electrons. The number of hydrogen-bond donors (Lipinski definition) is 1. The van der Waals surface area contributed by atoms with Crippen molar-refractivity contribution in [3.8, 4) is 12.3 Å². The molecule has 0 aromatic heterocycles. The zero-order valence-corrected chi connectivity index (χ0v) is 10.3. The topological polar surface area (TPSA) is 12.0 Å². The van der Waals surface area contributed by atoms with Gasteiger partial charge in [0.1, 0.15) is 0 Å². The van der Waals surface area contributed by atoms with Crippen LogP contribution in [0.5, 0.6) is 0 Å². The first-order valence-corrected chi connectivity index (χ1v) is 5.79. The van der Waals surface area contributed by atoms with E-state index in [0.29, 0.717) is 0 Å². The van der Waals surface area contributed by atoms with E-state index in [2.05, 4.69) is 58.1 Å². The number of terminal acetylenes is 1. The van der Waals surface area contributed by atoms with Crippen LogP contribution in [0.4, 0.5) is 0 Å². The Balaban J connectivity index is 2.19. The fourth-order valence-electron chi connectivity index (χ4n) is 1.15. The molecule has 0 aliphatic rings. The van der Waals surface area contributed by atoms with Crippen LogP contribution in [0.2, 0.25) is 0 Å². The van der Waals surface area contributed by atoms with E-state index in [1.54, 1.807) is 0 Å². The van der Waals surface area contributed by atoms with Crippen molar-refractivity contribution >= 4 is 22.6 Å². The molecule has 0 fully saturated rings. The molecule has 1 rings (SSSR count). The summed E-state index contributed by atoms with van der Waals surface area (Å²) in [5.41, 5.74) is 1.33. The highest BCUT2D eigenvalue weighted by atomic mass is 127. The van der Waals surface area contributed by atoms with E-state index in [4.69, 9.17) is 6.42 Å². The van der Waals surface area contributed by atoms with Crippen molar-refractivity contribution in [1.29, 1.82) is 0 Å². The fraction of sp³-hybridized carbons (Fsp3) is 0.333. The molecule has 0 aliphatic heterocycles. The van der Waals surface area contributed by atoms with Crippen molar-refractivity contribution < 1.29 is 0 Å². The monoisotopic (exact) mass is 299 g/mol. The van der Waals surface area contributed by atoms with Gasteiger partial charge in [-0.05, 0) is 53.3 Å². The molecule has 1 aromatic carbocycles. The highest BCUT2D eigenvalue weighted by Crippen LogP contribution is 2.06. The SMILES string of the molecule is C#CCCCNCc1ccc(I)cc1. The van der Waals surface area contributed by atoms with Crippen LogP contribution < -0.4 is 5.32 Å². The van der Waals surface area contributed by atoms with Gasteiger partial charge < -0.3 is 5.32 Å². The zero-order valence-electron chi connectivity index (χ0n) is 8.09. The first-order chi connectivity index (χ1) is 6.83. The van der Waals surface area contributed by atoms with Crippen molar-refractivity contribution in [3.63, 3.8) is 0 Å². The molecular weight excluding hydrogens is 285 g/mol. The molecule has 0 bridgehead atoms. The Bertz CT molecular complexity index is 297. The van der Waals surface area contributed by atoms with Crippen LogP contribution in [0, 0.1) is 15.9 Å². The maximum absolute atomic E-state index is 5.16. The Kier molecular flexibility index (Phi) is 5.65. The van der Waals surface area contributed by atoms with Crippen LogP contribution in [0.25, 0.3) is 0 Å². The quantitative estimate of drug-likeness (QED) is 0.501. The highest BCUT2D eigenvalue weighted by Gasteiger charge is 1.91. The van der Waals surface area contributed by atoms with Gasteiger partial charge in [0.05, 0.1) is 0 Å². The predicted molar refractivity (Wildman–Crippen MR) is 68.9 cm³/mol. The average molecular weight is 299 g/mol. The van der Waals surface area contributed by atoms with Gasteiger partial charge in [0.25, 0.3) is 0 Å². The summed E-state index contributed by atoms with van der Waals surface area (Å²) in [7, 11) is 0. The van der Waals surface area contributed by atoms with E-state index >= 15 is 0 Å². The molecule has 1 nitrogen and oxygen atoms in total. The lowest BCUT2D eigenvalue weighted by atomic mass is 10.2. The second-order valence-corrected chi connectivity index (χ2v) is 4.36. The molecule has 0 unspecified atom stereocenters. The number of rotatable bonds is 5. The molecule has 0 atom stereocenters. The molecule has 1 N–H and O–H groups in total. The second kappa shape index (κ2) is 6.86.